The Kier molecular flexibility index (Phi) is 31.3. The Morgan fingerprint density at radius 2 is 0.521 bits per heavy atom. The average Bonchev–Trinajstić information content (AvgIpc) is 3.34. The Hall–Kier alpha value is -2.73. The molecule has 0 heterocycles. The number of hydrogen-bond acceptors (Lipinski definition) is 2. The van der Waals surface area contributed by atoms with Crippen molar-refractivity contribution >= 4 is 16.3 Å². The first-order chi connectivity index (χ1) is 34.4. The summed E-state index contributed by atoms with van der Waals surface area (Å²) in [5.41, 5.74) is 10.6. The molecule has 0 aromatic heterocycles. The van der Waals surface area contributed by atoms with Gasteiger partial charge in [-0.05, 0) is 176 Å². The number of alkyl halides is 3. The maximum atomic E-state index is 15.9. The molecule has 3 rings (SSSR count). The van der Waals surface area contributed by atoms with Crippen molar-refractivity contribution in [3.05, 3.63) is 86.5 Å². The number of unbranched alkanes of at least 4 members (excludes halogenated alkanes) is 18. The second-order valence-electron chi connectivity index (χ2n) is 21.3. The molecule has 0 aliphatic carbocycles. The van der Waals surface area contributed by atoms with Gasteiger partial charge in [0.25, 0.3) is 0 Å². The summed E-state index contributed by atoms with van der Waals surface area (Å²) in [6, 6.07) is 14.4. The molecule has 0 bridgehead atoms. The number of benzene rings is 3. The molecule has 0 atom stereocenters. The van der Waals surface area contributed by atoms with Crippen LogP contribution in [0.4, 0.5) is 13.2 Å². The first-order valence-electron chi connectivity index (χ1n) is 30.0. The Morgan fingerprint density at radius 1 is 0.338 bits per heavy atom. The molecular weight excluding hydrogens is 902 g/mol. The first-order valence-corrected chi connectivity index (χ1v) is 31.6. The van der Waals surface area contributed by atoms with Crippen molar-refractivity contribution in [1.29, 1.82) is 0 Å². The van der Waals surface area contributed by atoms with Gasteiger partial charge >= 0.3 is 12.1 Å². The van der Waals surface area contributed by atoms with Crippen LogP contribution in [0.1, 0.15) is 286 Å². The molecular formula is C65H105F3O2S. The van der Waals surface area contributed by atoms with Gasteiger partial charge in [-0.3, -0.25) is 0 Å². The maximum Gasteiger partial charge on any atom is 0.491 e. The average molecular weight is 1010 g/mol. The van der Waals surface area contributed by atoms with Gasteiger partial charge in [0.05, 0.1) is 0 Å². The molecule has 0 aliphatic heterocycles. The molecule has 0 unspecified atom stereocenters. The van der Waals surface area contributed by atoms with E-state index in [9.17, 15) is 4.79 Å². The van der Waals surface area contributed by atoms with Crippen LogP contribution in [0.15, 0.2) is 51.1 Å². The number of carbonyl (C=O) groups excluding carboxylic acids is 1. The van der Waals surface area contributed by atoms with Gasteiger partial charge in [0, 0.05) is 14.7 Å². The fraction of sp³-hybridized carbons (Fsp3) is 0.708. The van der Waals surface area contributed by atoms with Crippen LogP contribution in [0.3, 0.4) is 0 Å². The molecule has 3 aromatic rings. The van der Waals surface area contributed by atoms with E-state index in [-0.39, 0.29) is 0 Å². The minimum atomic E-state index is -5.18. The Bertz CT molecular complexity index is 1640. The van der Waals surface area contributed by atoms with Crippen LogP contribution in [0.25, 0.3) is 0 Å². The lowest BCUT2D eigenvalue weighted by molar-refractivity contribution is -0.188. The molecule has 0 fully saturated rings. The molecule has 6 heteroatoms. The van der Waals surface area contributed by atoms with Gasteiger partial charge in [-0.1, -0.05) is 214 Å². The SMILES string of the molecule is CCCCCc1cc(CCCCC)c(S(OC(=O)C(F)(F)F)(c2c(CCCCC)cc(CCCCC)cc2CCCCC)c2c(CCCCC)cc(CCCCC)cc2CCCCC)c(CCCCC)c1. The van der Waals surface area contributed by atoms with Gasteiger partial charge in [0.2, 0.25) is 0 Å². The van der Waals surface area contributed by atoms with Crippen molar-refractivity contribution in [3.63, 3.8) is 0 Å². The van der Waals surface area contributed by atoms with E-state index in [1.54, 1.807) is 0 Å². The van der Waals surface area contributed by atoms with Crippen LogP contribution < -0.4 is 0 Å². The number of aryl methyl sites for hydroxylation is 9. The van der Waals surface area contributed by atoms with Gasteiger partial charge in [-0.15, -0.1) is 0 Å². The molecule has 0 spiro atoms. The quantitative estimate of drug-likeness (QED) is 0.0531. The maximum absolute atomic E-state index is 15.9. The lowest BCUT2D eigenvalue weighted by atomic mass is 9.94. The van der Waals surface area contributed by atoms with Gasteiger partial charge in [-0.25, -0.2) is 4.79 Å². The topological polar surface area (TPSA) is 26.3 Å². The van der Waals surface area contributed by atoms with E-state index in [1.165, 1.54) is 16.7 Å². The minimum absolute atomic E-state index is 0.751. The zero-order valence-electron chi connectivity index (χ0n) is 47.3. The third-order valence-electron chi connectivity index (χ3n) is 14.7. The van der Waals surface area contributed by atoms with Crippen LogP contribution in [-0.2, 0) is 66.8 Å². The minimum Gasteiger partial charge on any atom is -0.395 e. The Balaban J connectivity index is 3.01. The van der Waals surface area contributed by atoms with Crippen molar-refractivity contribution in [3.8, 4) is 0 Å². The molecule has 3 aromatic carbocycles. The lowest BCUT2D eigenvalue weighted by Gasteiger charge is -2.47. The Labute approximate surface area is 437 Å². The van der Waals surface area contributed by atoms with E-state index in [0.29, 0.717) is 0 Å². The van der Waals surface area contributed by atoms with Crippen LogP contribution in [0.5, 0.6) is 0 Å². The number of halogens is 3. The lowest BCUT2D eigenvalue weighted by Crippen LogP contribution is -2.30. The second-order valence-corrected chi connectivity index (χ2v) is 23.8. The van der Waals surface area contributed by atoms with E-state index >= 15 is 13.2 Å². The van der Waals surface area contributed by atoms with E-state index in [4.69, 9.17) is 4.18 Å². The molecule has 0 radical (unpaired) electrons. The summed E-state index contributed by atoms with van der Waals surface area (Å²) in [5, 5.41) is 0. The monoisotopic (exact) mass is 1010 g/mol. The second kappa shape index (κ2) is 35.5. The standard InChI is InChI=1S/C65H105F3O2S/c1-10-19-28-37-52-46-55(40-31-22-13-4)61(56(47-52)41-32-23-14-5)71(70-64(69)65(66,67)68,62-57(42-33-24-15-6)48-53(38-29-20-11-2)49-58(62)43-34-25-16-7)63-59(44-35-26-17-8)50-54(39-30-21-12-3)51-60(63)45-36-27-18-9/h46-51H,10-45H2,1-9H3. The van der Waals surface area contributed by atoms with Gasteiger partial charge in [0.15, 0.2) is 0 Å². The number of hydrogen-bond donors (Lipinski definition) is 0. The zero-order chi connectivity index (χ0) is 51.9. The van der Waals surface area contributed by atoms with E-state index in [0.717, 1.165) is 279 Å². The van der Waals surface area contributed by atoms with E-state index in [2.05, 4.69) is 98.7 Å². The zero-order valence-corrected chi connectivity index (χ0v) is 48.1. The van der Waals surface area contributed by atoms with Crippen LogP contribution in [-0.4, -0.2) is 12.1 Å². The summed E-state index contributed by atoms with van der Waals surface area (Å²) < 4.78 is 54.8. The summed E-state index contributed by atoms with van der Waals surface area (Å²) in [5.74, 6) is -2.03. The first kappa shape index (κ1) is 62.6. The predicted molar refractivity (Wildman–Crippen MR) is 303 cm³/mol. The number of carbonyl (C=O) groups is 1. The van der Waals surface area contributed by atoms with E-state index < -0.39 is 22.5 Å². The highest BCUT2D eigenvalue weighted by molar-refractivity contribution is 8.30. The molecule has 0 saturated carbocycles. The molecule has 71 heavy (non-hydrogen) atoms. The van der Waals surface area contributed by atoms with Gasteiger partial charge in [-0.2, -0.15) is 13.2 Å². The highest BCUT2D eigenvalue weighted by Gasteiger charge is 2.51. The van der Waals surface area contributed by atoms with Gasteiger partial charge < -0.3 is 4.18 Å². The van der Waals surface area contributed by atoms with Crippen molar-refractivity contribution in [2.45, 2.75) is 314 Å². The normalized spacial score (nSPS) is 12.3. The fourth-order valence-electron chi connectivity index (χ4n) is 10.9. The largest absolute Gasteiger partial charge is 0.491 e. The van der Waals surface area contributed by atoms with Crippen LogP contribution >= 0.6 is 10.3 Å². The molecule has 0 N–H and O–H groups in total. The molecule has 404 valence electrons. The van der Waals surface area contributed by atoms with Crippen molar-refractivity contribution in [1.82, 2.24) is 0 Å². The Morgan fingerprint density at radius 3 is 0.690 bits per heavy atom. The highest BCUT2D eigenvalue weighted by Crippen LogP contribution is 2.75. The van der Waals surface area contributed by atoms with E-state index in [1.807, 2.05) is 0 Å². The highest BCUT2D eigenvalue weighted by atomic mass is 32.3. The molecule has 0 aliphatic rings. The van der Waals surface area contributed by atoms with Gasteiger partial charge in [0.1, 0.15) is 0 Å². The third-order valence-corrected chi connectivity index (χ3v) is 18.4. The summed E-state index contributed by atoms with van der Waals surface area (Å²) >= 11 is 0. The van der Waals surface area contributed by atoms with Crippen LogP contribution in [0, 0.1) is 0 Å². The molecule has 0 amide bonds. The predicted octanol–water partition coefficient (Wildman–Crippen LogP) is 21.6. The molecule has 2 nitrogen and oxygen atoms in total. The smallest absolute Gasteiger partial charge is 0.395 e. The summed E-state index contributed by atoms with van der Waals surface area (Å²) in [7, 11) is -3.42. The molecule has 0 saturated heterocycles. The summed E-state index contributed by atoms with van der Waals surface area (Å²) in [6.45, 7) is 20.2. The number of rotatable bonds is 40. The van der Waals surface area contributed by atoms with Crippen molar-refractivity contribution < 1.29 is 22.1 Å². The fourth-order valence-corrected chi connectivity index (χ4v) is 15.2. The van der Waals surface area contributed by atoms with Crippen LogP contribution in [0.2, 0.25) is 0 Å². The summed E-state index contributed by atoms with van der Waals surface area (Å²) in [4.78, 5) is 17.7. The summed E-state index contributed by atoms with van der Waals surface area (Å²) in [6.07, 6.45) is 30.2. The van der Waals surface area contributed by atoms with Crippen molar-refractivity contribution in [2.75, 3.05) is 0 Å². The third kappa shape index (κ3) is 20.1. The van der Waals surface area contributed by atoms with Crippen molar-refractivity contribution in [2.24, 2.45) is 0 Å².